The van der Waals surface area contributed by atoms with E-state index in [0.29, 0.717) is 5.56 Å². The van der Waals surface area contributed by atoms with E-state index in [0.717, 1.165) is 30.4 Å². The molecule has 2 nitrogen and oxygen atoms in total. The summed E-state index contributed by atoms with van der Waals surface area (Å²) in [6, 6.07) is 10.4. The summed E-state index contributed by atoms with van der Waals surface area (Å²) in [4.78, 5) is 12.0. The summed E-state index contributed by atoms with van der Waals surface area (Å²) in [6.07, 6.45) is 8.93. The SMILES string of the molecule is CC1(C)C=CC(C)(C)c2cc(-c3c(C(=O)O)ccc4c3CCCC4)ccc21. The molecule has 2 aromatic carbocycles. The molecule has 1 N–H and O–H groups in total. The van der Waals surface area contributed by atoms with E-state index in [1.807, 2.05) is 6.07 Å². The molecule has 0 saturated heterocycles. The van der Waals surface area contributed by atoms with Gasteiger partial charge >= 0.3 is 5.97 Å². The first-order valence-electron chi connectivity index (χ1n) is 9.94. The zero-order valence-corrected chi connectivity index (χ0v) is 16.7. The zero-order chi connectivity index (χ0) is 19.4. The maximum absolute atomic E-state index is 12.0. The highest BCUT2D eigenvalue weighted by molar-refractivity contribution is 5.97. The van der Waals surface area contributed by atoms with Crippen LogP contribution >= 0.6 is 0 Å². The van der Waals surface area contributed by atoms with Gasteiger partial charge in [0.05, 0.1) is 5.56 Å². The Bertz CT molecular complexity index is 961. The lowest BCUT2D eigenvalue weighted by Gasteiger charge is -2.37. The van der Waals surface area contributed by atoms with Crippen molar-refractivity contribution in [3.8, 4) is 11.1 Å². The summed E-state index contributed by atoms with van der Waals surface area (Å²) in [6.45, 7) is 8.95. The van der Waals surface area contributed by atoms with E-state index in [1.54, 1.807) is 6.07 Å². The molecule has 0 bridgehead atoms. The van der Waals surface area contributed by atoms with Gasteiger partial charge in [0.2, 0.25) is 0 Å². The molecule has 2 heteroatoms. The number of fused-ring (bicyclic) bond motifs is 2. The molecule has 0 heterocycles. The minimum atomic E-state index is -0.837. The smallest absolute Gasteiger partial charge is 0.336 e. The molecule has 2 aromatic rings. The Kier molecular flexibility index (Phi) is 4.06. The number of carboxylic acids is 1. The highest BCUT2D eigenvalue weighted by Gasteiger charge is 2.33. The van der Waals surface area contributed by atoms with Crippen molar-refractivity contribution < 1.29 is 9.90 Å². The molecular formula is C25H28O2. The van der Waals surface area contributed by atoms with Crippen LogP contribution in [-0.2, 0) is 23.7 Å². The molecule has 0 fully saturated rings. The lowest BCUT2D eigenvalue weighted by atomic mass is 9.67. The van der Waals surface area contributed by atoms with Gasteiger partial charge in [-0.3, -0.25) is 0 Å². The number of allylic oxidation sites excluding steroid dienone is 2. The van der Waals surface area contributed by atoms with Crippen molar-refractivity contribution >= 4 is 5.97 Å². The van der Waals surface area contributed by atoms with E-state index < -0.39 is 5.97 Å². The minimum Gasteiger partial charge on any atom is -0.478 e. The third-order valence-electron chi connectivity index (χ3n) is 6.38. The van der Waals surface area contributed by atoms with Crippen LogP contribution in [0.3, 0.4) is 0 Å². The van der Waals surface area contributed by atoms with Gasteiger partial charge in [-0.25, -0.2) is 4.79 Å². The second-order valence-corrected chi connectivity index (χ2v) is 9.18. The quantitative estimate of drug-likeness (QED) is 0.661. The summed E-state index contributed by atoms with van der Waals surface area (Å²) in [7, 11) is 0. The first-order valence-corrected chi connectivity index (χ1v) is 9.94. The van der Waals surface area contributed by atoms with Crippen molar-refractivity contribution in [1.82, 2.24) is 0 Å². The van der Waals surface area contributed by atoms with Gasteiger partial charge in [0, 0.05) is 10.8 Å². The van der Waals surface area contributed by atoms with Gasteiger partial charge in [0.25, 0.3) is 0 Å². The second-order valence-electron chi connectivity index (χ2n) is 9.18. The Morgan fingerprint density at radius 1 is 0.889 bits per heavy atom. The standard InChI is InChI=1S/C25H28O2/c1-24(2)13-14-25(3,4)21-15-17(10-12-20(21)24)22-18-8-6-5-7-16(18)9-11-19(22)23(26)27/h9-15H,5-8H2,1-4H3,(H,26,27). The molecule has 0 aliphatic heterocycles. The van der Waals surface area contributed by atoms with Crippen molar-refractivity contribution in [3.63, 3.8) is 0 Å². The van der Waals surface area contributed by atoms with Crippen LogP contribution < -0.4 is 0 Å². The Morgan fingerprint density at radius 3 is 2.26 bits per heavy atom. The second kappa shape index (κ2) is 6.09. The highest BCUT2D eigenvalue weighted by Crippen LogP contribution is 2.44. The van der Waals surface area contributed by atoms with Crippen LogP contribution in [-0.4, -0.2) is 11.1 Å². The van der Waals surface area contributed by atoms with Gasteiger partial charge in [0.1, 0.15) is 0 Å². The summed E-state index contributed by atoms with van der Waals surface area (Å²) in [5.41, 5.74) is 7.54. The molecule has 0 atom stereocenters. The van der Waals surface area contributed by atoms with E-state index in [-0.39, 0.29) is 10.8 Å². The third kappa shape index (κ3) is 2.92. The fourth-order valence-corrected chi connectivity index (χ4v) is 4.73. The number of rotatable bonds is 2. The fraction of sp³-hybridized carbons (Fsp3) is 0.400. The molecule has 140 valence electrons. The number of hydrogen-bond acceptors (Lipinski definition) is 1. The van der Waals surface area contributed by atoms with Gasteiger partial charge in [-0.15, -0.1) is 0 Å². The Morgan fingerprint density at radius 2 is 1.56 bits per heavy atom. The van der Waals surface area contributed by atoms with Gasteiger partial charge in [-0.1, -0.05) is 58.0 Å². The maximum Gasteiger partial charge on any atom is 0.336 e. The van der Waals surface area contributed by atoms with E-state index in [4.69, 9.17) is 0 Å². The number of carboxylic acid groups (broad SMARTS) is 1. The molecular weight excluding hydrogens is 332 g/mol. The van der Waals surface area contributed by atoms with Crippen LogP contribution in [0.1, 0.15) is 73.1 Å². The normalized spacial score (nSPS) is 19.3. The number of hydrogen-bond donors (Lipinski definition) is 1. The number of aryl methyl sites for hydroxylation is 1. The van der Waals surface area contributed by atoms with E-state index in [9.17, 15) is 9.90 Å². The van der Waals surface area contributed by atoms with Crippen molar-refractivity contribution in [3.05, 3.63) is 70.3 Å². The lowest BCUT2D eigenvalue weighted by molar-refractivity contribution is 0.0697. The van der Waals surface area contributed by atoms with Gasteiger partial charge in [-0.05, 0) is 71.2 Å². The first-order chi connectivity index (χ1) is 12.7. The summed E-state index contributed by atoms with van der Waals surface area (Å²) < 4.78 is 0. The third-order valence-corrected chi connectivity index (χ3v) is 6.38. The predicted molar refractivity (Wildman–Crippen MR) is 111 cm³/mol. The molecule has 0 spiro atoms. The molecule has 0 saturated carbocycles. The van der Waals surface area contributed by atoms with Gasteiger partial charge in [0.15, 0.2) is 0 Å². The van der Waals surface area contributed by atoms with Crippen LogP contribution in [0.5, 0.6) is 0 Å². The van der Waals surface area contributed by atoms with Crippen molar-refractivity contribution in [2.75, 3.05) is 0 Å². The lowest BCUT2D eigenvalue weighted by Crippen LogP contribution is -2.29. The van der Waals surface area contributed by atoms with Crippen molar-refractivity contribution in [1.29, 1.82) is 0 Å². The summed E-state index contributed by atoms with van der Waals surface area (Å²) >= 11 is 0. The average Bonchev–Trinajstić information content (AvgIpc) is 2.64. The van der Waals surface area contributed by atoms with Crippen LogP contribution in [0.25, 0.3) is 11.1 Å². The van der Waals surface area contributed by atoms with Crippen LogP contribution in [0, 0.1) is 0 Å². The Balaban J connectivity index is 1.98. The maximum atomic E-state index is 12.0. The molecule has 0 unspecified atom stereocenters. The predicted octanol–water partition coefficient (Wildman–Crippen LogP) is 6.06. The number of benzene rings is 2. The van der Waals surface area contributed by atoms with Crippen LogP contribution in [0.2, 0.25) is 0 Å². The molecule has 0 aromatic heterocycles. The largest absolute Gasteiger partial charge is 0.478 e. The highest BCUT2D eigenvalue weighted by atomic mass is 16.4. The topological polar surface area (TPSA) is 37.3 Å². The molecule has 0 radical (unpaired) electrons. The van der Waals surface area contributed by atoms with Gasteiger partial charge < -0.3 is 5.11 Å². The molecule has 2 aliphatic carbocycles. The Labute approximate surface area is 161 Å². The summed E-state index contributed by atoms with van der Waals surface area (Å²) in [5.74, 6) is -0.837. The number of carbonyl (C=O) groups is 1. The molecule has 4 rings (SSSR count). The molecule has 27 heavy (non-hydrogen) atoms. The van der Waals surface area contributed by atoms with Gasteiger partial charge in [-0.2, -0.15) is 0 Å². The van der Waals surface area contributed by atoms with E-state index in [1.165, 1.54) is 28.7 Å². The minimum absolute atomic E-state index is 0.00483. The molecule has 0 amide bonds. The van der Waals surface area contributed by atoms with Crippen molar-refractivity contribution in [2.45, 2.75) is 64.2 Å². The van der Waals surface area contributed by atoms with E-state index >= 15 is 0 Å². The first kappa shape index (κ1) is 18.0. The van der Waals surface area contributed by atoms with Crippen molar-refractivity contribution in [2.24, 2.45) is 0 Å². The number of aromatic carboxylic acids is 1. The summed E-state index contributed by atoms with van der Waals surface area (Å²) in [5, 5.41) is 9.84. The fourth-order valence-electron chi connectivity index (χ4n) is 4.73. The van der Waals surface area contributed by atoms with Crippen LogP contribution in [0.15, 0.2) is 42.5 Å². The monoisotopic (exact) mass is 360 g/mol. The molecule has 2 aliphatic rings. The zero-order valence-electron chi connectivity index (χ0n) is 16.7. The Hall–Kier alpha value is -2.35. The average molecular weight is 360 g/mol. The van der Waals surface area contributed by atoms with Crippen LogP contribution in [0.4, 0.5) is 0 Å². The van der Waals surface area contributed by atoms with E-state index in [2.05, 4.69) is 58.0 Å².